The van der Waals surface area contributed by atoms with Gasteiger partial charge in [-0.25, -0.2) is 4.79 Å². The lowest BCUT2D eigenvalue weighted by molar-refractivity contribution is 0.0523. The van der Waals surface area contributed by atoms with Crippen molar-refractivity contribution in [2.75, 3.05) is 11.9 Å². The second kappa shape index (κ2) is 6.56. The van der Waals surface area contributed by atoms with E-state index in [-0.39, 0.29) is 23.8 Å². The topological polar surface area (TPSA) is 75.6 Å². The number of rotatable bonds is 4. The van der Waals surface area contributed by atoms with Crippen molar-refractivity contribution in [1.82, 2.24) is 0 Å². The van der Waals surface area contributed by atoms with Gasteiger partial charge in [0.2, 0.25) is 0 Å². The number of phenols is 1. The first-order chi connectivity index (χ1) is 10.1. The number of phenolic OH excluding ortho intramolecular Hbond substituents is 1. The molecule has 21 heavy (non-hydrogen) atoms. The smallest absolute Gasteiger partial charge is 0.341 e. The molecule has 0 heterocycles. The molecule has 0 saturated heterocycles. The summed E-state index contributed by atoms with van der Waals surface area (Å²) in [6.07, 6.45) is 0. The number of ether oxygens (including phenoxy) is 1. The normalized spacial score (nSPS) is 9.95. The Hall–Kier alpha value is -2.82. The van der Waals surface area contributed by atoms with E-state index in [4.69, 9.17) is 4.74 Å². The van der Waals surface area contributed by atoms with Crippen LogP contribution in [0.25, 0.3) is 0 Å². The van der Waals surface area contributed by atoms with E-state index in [9.17, 15) is 14.7 Å². The van der Waals surface area contributed by atoms with Gasteiger partial charge < -0.3 is 15.2 Å². The molecule has 0 aliphatic rings. The number of anilines is 1. The molecule has 0 fully saturated rings. The molecule has 2 N–H and O–H groups in total. The van der Waals surface area contributed by atoms with Gasteiger partial charge in [-0.05, 0) is 31.2 Å². The highest BCUT2D eigenvalue weighted by molar-refractivity contribution is 6.04. The summed E-state index contributed by atoms with van der Waals surface area (Å²) in [5.41, 5.74) is 0.968. The third-order valence-corrected chi connectivity index (χ3v) is 2.79. The zero-order chi connectivity index (χ0) is 15.2. The van der Waals surface area contributed by atoms with E-state index in [1.165, 1.54) is 18.2 Å². The van der Waals surface area contributed by atoms with Crippen LogP contribution in [0.5, 0.6) is 5.75 Å². The van der Waals surface area contributed by atoms with Gasteiger partial charge in [-0.1, -0.05) is 18.2 Å². The van der Waals surface area contributed by atoms with Gasteiger partial charge in [-0.2, -0.15) is 0 Å². The molecule has 2 aromatic carbocycles. The number of hydrogen-bond donors (Lipinski definition) is 2. The fourth-order valence-corrected chi connectivity index (χ4v) is 1.78. The Kier molecular flexibility index (Phi) is 4.56. The highest BCUT2D eigenvalue weighted by Crippen LogP contribution is 2.23. The minimum Gasteiger partial charge on any atom is -0.507 e. The Balaban J connectivity index is 2.14. The van der Waals surface area contributed by atoms with Crippen LogP contribution in [0.4, 0.5) is 5.69 Å². The minimum atomic E-state index is -0.601. The Bertz CT molecular complexity index is 653. The molecular formula is C16H15NO4. The number of carbonyl (C=O) groups excluding carboxylic acids is 2. The summed E-state index contributed by atoms with van der Waals surface area (Å²) in [5, 5.41) is 12.5. The second-order valence-corrected chi connectivity index (χ2v) is 4.27. The summed E-state index contributed by atoms with van der Waals surface area (Å²) in [4.78, 5) is 23.5. The van der Waals surface area contributed by atoms with Gasteiger partial charge in [0.1, 0.15) is 11.3 Å². The first kappa shape index (κ1) is 14.6. The van der Waals surface area contributed by atoms with Gasteiger partial charge in [0.15, 0.2) is 0 Å². The standard InChI is InChI=1S/C16H15NO4/c1-2-21-16(20)13-9-8-12(10-14(13)18)17-15(19)11-6-4-3-5-7-11/h3-10,18H,2H2,1H3,(H,17,19). The SMILES string of the molecule is CCOC(=O)c1ccc(NC(=O)c2ccccc2)cc1O. The average Bonchev–Trinajstić information content (AvgIpc) is 2.48. The highest BCUT2D eigenvalue weighted by atomic mass is 16.5. The van der Waals surface area contributed by atoms with E-state index in [0.29, 0.717) is 11.3 Å². The second-order valence-electron chi connectivity index (χ2n) is 4.27. The quantitative estimate of drug-likeness (QED) is 0.847. The Morgan fingerprint density at radius 2 is 1.86 bits per heavy atom. The van der Waals surface area contributed by atoms with E-state index in [2.05, 4.69) is 5.32 Å². The van der Waals surface area contributed by atoms with Gasteiger partial charge in [-0.3, -0.25) is 4.79 Å². The van der Waals surface area contributed by atoms with Crippen molar-refractivity contribution in [3.63, 3.8) is 0 Å². The maximum atomic E-state index is 12.0. The molecule has 0 bridgehead atoms. The third-order valence-electron chi connectivity index (χ3n) is 2.79. The van der Waals surface area contributed by atoms with Crippen LogP contribution in [0, 0.1) is 0 Å². The molecule has 0 aliphatic carbocycles. The summed E-state index contributed by atoms with van der Waals surface area (Å²) in [7, 11) is 0. The molecule has 0 radical (unpaired) electrons. The molecule has 0 spiro atoms. The van der Waals surface area contributed by atoms with Crippen molar-refractivity contribution in [2.45, 2.75) is 6.92 Å². The van der Waals surface area contributed by atoms with Gasteiger partial charge in [-0.15, -0.1) is 0 Å². The summed E-state index contributed by atoms with van der Waals surface area (Å²) in [5.74, 6) is -1.13. The van der Waals surface area contributed by atoms with Crippen LogP contribution in [0.15, 0.2) is 48.5 Å². The first-order valence-corrected chi connectivity index (χ1v) is 6.48. The van der Waals surface area contributed by atoms with Gasteiger partial charge in [0, 0.05) is 17.3 Å². The molecule has 0 unspecified atom stereocenters. The maximum Gasteiger partial charge on any atom is 0.341 e. The molecule has 2 rings (SSSR count). The molecule has 0 aromatic heterocycles. The van der Waals surface area contributed by atoms with Crippen LogP contribution in [0.2, 0.25) is 0 Å². The fraction of sp³-hybridized carbons (Fsp3) is 0.125. The number of amides is 1. The minimum absolute atomic E-state index is 0.0644. The summed E-state index contributed by atoms with van der Waals surface area (Å²) >= 11 is 0. The van der Waals surface area contributed by atoms with Crippen molar-refractivity contribution < 1.29 is 19.4 Å². The zero-order valence-corrected chi connectivity index (χ0v) is 11.5. The van der Waals surface area contributed by atoms with Crippen LogP contribution in [-0.4, -0.2) is 23.6 Å². The largest absolute Gasteiger partial charge is 0.507 e. The molecule has 0 atom stereocenters. The lowest BCUT2D eigenvalue weighted by Crippen LogP contribution is -2.12. The zero-order valence-electron chi connectivity index (χ0n) is 11.5. The Morgan fingerprint density at radius 3 is 2.48 bits per heavy atom. The van der Waals surface area contributed by atoms with E-state index in [0.717, 1.165) is 0 Å². The average molecular weight is 285 g/mol. The lowest BCUT2D eigenvalue weighted by Gasteiger charge is -2.08. The maximum absolute atomic E-state index is 12.0. The van der Waals surface area contributed by atoms with Gasteiger partial charge in [0.25, 0.3) is 5.91 Å². The van der Waals surface area contributed by atoms with Crippen LogP contribution in [0.3, 0.4) is 0 Å². The molecule has 5 heteroatoms. The molecule has 2 aromatic rings. The third kappa shape index (κ3) is 3.60. The van der Waals surface area contributed by atoms with Crippen molar-refractivity contribution in [3.05, 3.63) is 59.7 Å². The van der Waals surface area contributed by atoms with Crippen LogP contribution >= 0.6 is 0 Å². The monoisotopic (exact) mass is 285 g/mol. The van der Waals surface area contributed by atoms with Crippen LogP contribution < -0.4 is 5.32 Å². The lowest BCUT2D eigenvalue weighted by atomic mass is 10.1. The number of esters is 1. The van der Waals surface area contributed by atoms with Gasteiger partial charge >= 0.3 is 5.97 Å². The number of nitrogens with one attached hydrogen (secondary N) is 1. The Morgan fingerprint density at radius 1 is 1.14 bits per heavy atom. The summed E-state index contributed by atoms with van der Waals surface area (Å²) in [6.45, 7) is 1.91. The van der Waals surface area contributed by atoms with Crippen molar-refractivity contribution >= 4 is 17.6 Å². The first-order valence-electron chi connectivity index (χ1n) is 6.48. The number of carbonyl (C=O) groups is 2. The molecule has 5 nitrogen and oxygen atoms in total. The molecular weight excluding hydrogens is 270 g/mol. The van der Waals surface area contributed by atoms with Crippen LogP contribution in [0.1, 0.15) is 27.6 Å². The van der Waals surface area contributed by atoms with E-state index < -0.39 is 5.97 Å². The predicted molar refractivity (Wildman–Crippen MR) is 78.5 cm³/mol. The molecule has 0 saturated carbocycles. The van der Waals surface area contributed by atoms with Gasteiger partial charge in [0.05, 0.1) is 6.61 Å². The molecule has 0 aliphatic heterocycles. The van der Waals surface area contributed by atoms with E-state index in [1.807, 2.05) is 6.07 Å². The van der Waals surface area contributed by atoms with Crippen molar-refractivity contribution in [2.24, 2.45) is 0 Å². The Labute approximate surface area is 122 Å². The number of benzene rings is 2. The van der Waals surface area contributed by atoms with Crippen molar-refractivity contribution in [3.8, 4) is 5.75 Å². The fourth-order valence-electron chi connectivity index (χ4n) is 1.78. The van der Waals surface area contributed by atoms with E-state index >= 15 is 0 Å². The summed E-state index contributed by atoms with van der Waals surface area (Å²) in [6, 6.07) is 13.0. The molecule has 108 valence electrons. The number of aromatic hydroxyl groups is 1. The highest BCUT2D eigenvalue weighted by Gasteiger charge is 2.13. The van der Waals surface area contributed by atoms with Crippen molar-refractivity contribution in [1.29, 1.82) is 0 Å². The number of hydrogen-bond acceptors (Lipinski definition) is 4. The van der Waals surface area contributed by atoms with Crippen LogP contribution in [-0.2, 0) is 4.74 Å². The predicted octanol–water partition coefficient (Wildman–Crippen LogP) is 2.82. The molecule has 1 amide bonds. The van der Waals surface area contributed by atoms with E-state index in [1.54, 1.807) is 31.2 Å². The summed E-state index contributed by atoms with van der Waals surface area (Å²) < 4.78 is 4.81.